The van der Waals surface area contributed by atoms with Crippen LogP contribution in [0.5, 0.6) is 5.75 Å². The predicted octanol–water partition coefficient (Wildman–Crippen LogP) is 2.58. The first-order chi connectivity index (χ1) is 11.5. The molecule has 7 heteroatoms. The smallest absolute Gasteiger partial charge is 0.276 e. The molecule has 122 valence electrons. The lowest BCUT2D eigenvalue weighted by Crippen LogP contribution is -2.33. The Labute approximate surface area is 137 Å². The van der Waals surface area contributed by atoms with Crippen molar-refractivity contribution in [2.75, 3.05) is 13.2 Å². The molecule has 0 spiro atoms. The van der Waals surface area contributed by atoms with Gasteiger partial charge < -0.3 is 4.74 Å². The minimum absolute atomic E-state index is 0.0340. The molecule has 0 radical (unpaired) electrons. The van der Waals surface area contributed by atoms with Crippen LogP contribution in [0.1, 0.15) is 26.3 Å². The number of fused-ring (bicyclic) bond motifs is 1. The van der Waals surface area contributed by atoms with E-state index in [9.17, 15) is 19.7 Å². The van der Waals surface area contributed by atoms with Crippen LogP contribution in [0.2, 0.25) is 0 Å². The molecular formula is C17H14N2O5. The topological polar surface area (TPSA) is 89.8 Å². The average molecular weight is 326 g/mol. The molecule has 2 amide bonds. The molecule has 1 aliphatic heterocycles. The number of nitrogens with zero attached hydrogens (tertiary/aromatic N) is 2. The molecule has 24 heavy (non-hydrogen) atoms. The van der Waals surface area contributed by atoms with E-state index in [0.29, 0.717) is 22.4 Å². The van der Waals surface area contributed by atoms with Crippen molar-refractivity contribution < 1.29 is 19.2 Å². The molecular weight excluding hydrogens is 312 g/mol. The number of hydrogen-bond donors (Lipinski definition) is 0. The summed E-state index contributed by atoms with van der Waals surface area (Å²) in [6.45, 7) is 1.73. The normalized spacial score (nSPS) is 13.1. The molecule has 0 atom stereocenters. The van der Waals surface area contributed by atoms with Crippen molar-refractivity contribution in [3.8, 4) is 5.75 Å². The average Bonchev–Trinajstić information content (AvgIpc) is 2.81. The predicted molar refractivity (Wildman–Crippen MR) is 85.1 cm³/mol. The van der Waals surface area contributed by atoms with Crippen molar-refractivity contribution in [3.63, 3.8) is 0 Å². The second-order valence-electron chi connectivity index (χ2n) is 5.31. The summed E-state index contributed by atoms with van der Waals surface area (Å²) in [5.41, 5.74) is 1.14. The van der Waals surface area contributed by atoms with E-state index >= 15 is 0 Å². The van der Waals surface area contributed by atoms with Gasteiger partial charge in [0.25, 0.3) is 17.5 Å². The Morgan fingerprint density at radius 3 is 2.25 bits per heavy atom. The Morgan fingerprint density at radius 1 is 1.04 bits per heavy atom. The van der Waals surface area contributed by atoms with Crippen LogP contribution in [0.15, 0.2) is 42.5 Å². The second kappa shape index (κ2) is 6.11. The van der Waals surface area contributed by atoms with Crippen LogP contribution in [0.4, 0.5) is 5.69 Å². The van der Waals surface area contributed by atoms with Gasteiger partial charge in [0, 0.05) is 6.07 Å². The Bertz CT molecular complexity index is 812. The van der Waals surface area contributed by atoms with Crippen molar-refractivity contribution in [1.82, 2.24) is 4.90 Å². The highest BCUT2D eigenvalue weighted by atomic mass is 16.6. The Balaban J connectivity index is 1.68. The van der Waals surface area contributed by atoms with E-state index in [1.165, 1.54) is 12.1 Å². The quantitative estimate of drug-likeness (QED) is 0.478. The first-order valence-corrected chi connectivity index (χ1v) is 7.32. The first-order valence-electron chi connectivity index (χ1n) is 7.32. The third-order valence-electron chi connectivity index (χ3n) is 3.90. The first kappa shape index (κ1) is 15.7. The number of rotatable bonds is 5. The van der Waals surface area contributed by atoms with E-state index < -0.39 is 4.92 Å². The molecule has 3 rings (SSSR count). The van der Waals surface area contributed by atoms with Crippen molar-refractivity contribution in [2.45, 2.75) is 6.92 Å². The summed E-state index contributed by atoms with van der Waals surface area (Å²) >= 11 is 0. The maximum atomic E-state index is 12.2. The molecule has 2 aromatic rings. The van der Waals surface area contributed by atoms with E-state index in [1.807, 2.05) is 0 Å². The summed E-state index contributed by atoms with van der Waals surface area (Å²) in [6, 6.07) is 11.2. The molecule has 0 saturated carbocycles. The van der Waals surface area contributed by atoms with Gasteiger partial charge in [0.15, 0.2) is 0 Å². The lowest BCUT2D eigenvalue weighted by molar-refractivity contribution is -0.385. The number of nitro benzene ring substituents is 1. The molecule has 0 fully saturated rings. The monoisotopic (exact) mass is 326 g/mol. The fourth-order valence-corrected chi connectivity index (χ4v) is 2.65. The van der Waals surface area contributed by atoms with Gasteiger partial charge in [-0.05, 0) is 25.1 Å². The SMILES string of the molecule is Cc1c(OCCN2C(=O)c3ccccc3C2=O)cccc1[N+](=O)[O-]. The number of carbonyl (C=O) groups excluding carboxylic acids is 2. The van der Waals surface area contributed by atoms with Crippen molar-refractivity contribution in [2.24, 2.45) is 0 Å². The van der Waals surface area contributed by atoms with Crippen LogP contribution in [0.25, 0.3) is 0 Å². The third kappa shape index (κ3) is 2.60. The number of hydrogen-bond acceptors (Lipinski definition) is 5. The lowest BCUT2D eigenvalue weighted by Gasteiger charge is -2.15. The van der Waals surface area contributed by atoms with Gasteiger partial charge in [-0.1, -0.05) is 18.2 Å². The highest BCUT2D eigenvalue weighted by molar-refractivity contribution is 6.21. The Kier molecular flexibility index (Phi) is 3.99. The van der Waals surface area contributed by atoms with E-state index in [0.717, 1.165) is 4.90 Å². The van der Waals surface area contributed by atoms with Crippen LogP contribution in [-0.2, 0) is 0 Å². The van der Waals surface area contributed by atoms with E-state index in [4.69, 9.17) is 4.74 Å². The summed E-state index contributed by atoms with van der Waals surface area (Å²) in [5, 5.41) is 10.9. The number of carbonyl (C=O) groups is 2. The Morgan fingerprint density at radius 2 is 1.67 bits per heavy atom. The minimum Gasteiger partial charge on any atom is -0.491 e. The molecule has 0 bridgehead atoms. The standard InChI is InChI=1S/C17H14N2O5/c1-11-14(19(22)23)7-4-8-15(11)24-10-9-18-16(20)12-5-2-3-6-13(12)17(18)21/h2-8H,9-10H2,1H3. The maximum absolute atomic E-state index is 12.2. The Hall–Kier alpha value is -3.22. The minimum atomic E-state index is -0.480. The summed E-state index contributed by atoms with van der Waals surface area (Å²) in [7, 11) is 0. The van der Waals surface area contributed by atoms with Crippen molar-refractivity contribution in [1.29, 1.82) is 0 Å². The molecule has 1 aliphatic rings. The molecule has 0 N–H and O–H groups in total. The highest BCUT2D eigenvalue weighted by Gasteiger charge is 2.34. The van der Waals surface area contributed by atoms with Gasteiger partial charge in [0.05, 0.1) is 28.2 Å². The molecule has 7 nitrogen and oxygen atoms in total. The number of imide groups is 1. The molecule has 2 aromatic carbocycles. The lowest BCUT2D eigenvalue weighted by atomic mass is 10.1. The second-order valence-corrected chi connectivity index (χ2v) is 5.31. The van der Waals surface area contributed by atoms with E-state index in [1.54, 1.807) is 37.3 Å². The van der Waals surface area contributed by atoms with Crippen molar-refractivity contribution in [3.05, 3.63) is 69.3 Å². The maximum Gasteiger partial charge on any atom is 0.276 e. The van der Waals surface area contributed by atoms with E-state index in [-0.39, 0.29) is 30.7 Å². The van der Waals surface area contributed by atoms with Crippen LogP contribution < -0.4 is 4.74 Å². The summed E-state index contributed by atoms with van der Waals surface area (Å²) in [4.78, 5) is 36.0. The zero-order chi connectivity index (χ0) is 17.3. The van der Waals surface area contributed by atoms with E-state index in [2.05, 4.69) is 0 Å². The number of amides is 2. The van der Waals surface area contributed by atoms with Gasteiger partial charge in [0.2, 0.25) is 0 Å². The zero-order valence-electron chi connectivity index (χ0n) is 12.9. The fourth-order valence-electron chi connectivity index (χ4n) is 2.65. The molecule has 1 heterocycles. The van der Waals surface area contributed by atoms with Gasteiger partial charge in [-0.25, -0.2) is 0 Å². The van der Waals surface area contributed by atoms with Crippen LogP contribution in [0.3, 0.4) is 0 Å². The van der Waals surface area contributed by atoms with Crippen LogP contribution in [0, 0.1) is 17.0 Å². The number of benzene rings is 2. The van der Waals surface area contributed by atoms with Gasteiger partial charge in [-0.15, -0.1) is 0 Å². The molecule has 0 saturated heterocycles. The number of ether oxygens (including phenoxy) is 1. The third-order valence-corrected chi connectivity index (χ3v) is 3.90. The van der Waals surface area contributed by atoms with Gasteiger partial charge in [-0.3, -0.25) is 24.6 Å². The molecule has 0 unspecified atom stereocenters. The zero-order valence-corrected chi connectivity index (χ0v) is 12.9. The highest BCUT2D eigenvalue weighted by Crippen LogP contribution is 2.27. The summed E-state index contributed by atoms with van der Waals surface area (Å²) in [5.74, 6) is -0.342. The van der Waals surface area contributed by atoms with Crippen molar-refractivity contribution >= 4 is 17.5 Å². The molecule has 0 aliphatic carbocycles. The summed E-state index contributed by atoms with van der Waals surface area (Å²) in [6.07, 6.45) is 0. The summed E-state index contributed by atoms with van der Waals surface area (Å²) < 4.78 is 5.53. The van der Waals surface area contributed by atoms with Gasteiger partial charge >= 0.3 is 0 Å². The number of nitro groups is 1. The van der Waals surface area contributed by atoms with Crippen LogP contribution >= 0.6 is 0 Å². The largest absolute Gasteiger partial charge is 0.491 e. The van der Waals surface area contributed by atoms with Gasteiger partial charge in [-0.2, -0.15) is 0 Å². The van der Waals surface area contributed by atoms with Gasteiger partial charge in [0.1, 0.15) is 12.4 Å². The fraction of sp³-hybridized carbons (Fsp3) is 0.176. The molecule has 0 aromatic heterocycles. The van der Waals surface area contributed by atoms with Crippen LogP contribution in [-0.4, -0.2) is 34.8 Å².